The summed E-state index contributed by atoms with van der Waals surface area (Å²) >= 11 is 0. The normalized spacial score (nSPS) is 10.7. The van der Waals surface area contributed by atoms with Crippen molar-refractivity contribution in [3.8, 4) is 23.0 Å². The van der Waals surface area contributed by atoms with E-state index in [2.05, 4.69) is 13.8 Å². The van der Waals surface area contributed by atoms with Crippen LogP contribution in [0.5, 0.6) is 23.0 Å². The molecule has 22 heavy (non-hydrogen) atoms. The predicted octanol–water partition coefficient (Wildman–Crippen LogP) is 4.58. The summed E-state index contributed by atoms with van der Waals surface area (Å²) in [5.74, 6) is 0.648. The molecule has 0 bridgehead atoms. The molecule has 0 radical (unpaired) electrons. The Hall–Kier alpha value is -1.58. The van der Waals surface area contributed by atoms with Gasteiger partial charge < -0.3 is 19.7 Å². The van der Waals surface area contributed by atoms with Crippen LogP contribution in [0.3, 0.4) is 0 Å². The molecule has 1 aromatic rings. The van der Waals surface area contributed by atoms with Crippen molar-refractivity contribution in [1.29, 1.82) is 0 Å². The van der Waals surface area contributed by atoms with E-state index in [1.807, 2.05) is 13.8 Å². The zero-order chi connectivity index (χ0) is 16.5. The third-order valence-electron chi connectivity index (χ3n) is 3.47. The maximum absolute atomic E-state index is 10.4. The first kappa shape index (κ1) is 18.5. The lowest BCUT2D eigenvalue weighted by Gasteiger charge is -2.21. The molecule has 4 nitrogen and oxygen atoms in total. The zero-order valence-electron chi connectivity index (χ0n) is 14.4. The van der Waals surface area contributed by atoms with Crippen molar-refractivity contribution in [2.75, 3.05) is 13.2 Å². The molecule has 0 aliphatic heterocycles. The summed E-state index contributed by atoms with van der Waals surface area (Å²) < 4.78 is 11.6. The fourth-order valence-corrected chi connectivity index (χ4v) is 2.50. The molecule has 2 N–H and O–H groups in total. The number of phenols is 2. The standard InChI is InChI=1S/C18H30O4/c1-5-9-13-14(10-6-2)17(21-11-7-3)18(22-12-8-4)16(20)15(13)19/h19-20H,5-12H2,1-4H3. The van der Waals surface area contributed by atoms with Crippen molar-refractivity contribution in [2.24, 2.45) is 0 Å². The lowest BCUT2D eigenvalue weighted by molar-refractivity contribution is 0.251. The Labute approximate surface area is 134 Å². The van der Waals surface area contributed by atoms with Crippen molar-refractivity contribution in [3.05, 3.63) is 11.1 Å². The van der Waals surface area contributed by atoms with Gasteiger partial charge in [-0.25, -0.2) is 0 Å². The van der Waals surface area contributed by atoms with Crippen LogP contribution >= 0.6 is 0 Å². The Bertz CT molecular complexity index is 469. The van der Waals surface area contributed by atoms with Crippen LogP contribution in [-0.4, -0.2) is 23.4 Å². The SMILES string of the molecule is CCCOc1c(O)c(O)c(CCC)c(CCC)c1OCCC. The molecule has 0 aliphatic rings. The number of benzene rings is 1. The fourth-order valence-electron chi connectivity index (χ4n) is 2.50. The topological polar surface area (TPSA) is 58.9 Å². The second-order valence-electron chi connectivity index (χ2n) is 5.51. The van der Waals surface area contributed by atoms with Gasteiger partial charge in [-0.1, -0.05) is 40.5 Å². The summed E-state index contributed by atoms with van der Waals surface area (Å²) in [6, 6.07) is 0. The van der Waals surface area contributed by atoms with E-state index in [-0.39, 0.29) is 17.2 Å². The highest BCUT2D eigenvalue weighted by Gasteiger charge is 2.25. The lowest BCUT2D eigenvalue weighted by atomic mass is 9.96. The van der Waals surface area contributed by atoms with E-state index in [9.17, 15) is 10.2 Å². The number of phenolic OH excluding ortho intramolecular Hbond substituents is 2. The quantitative estimate of drug-likeness (QED) is 0.621. The van der Waals surface area contributed by atoms with Crippen molar-refractivity contribution < 1.29 is 19.7 Å². The molecular weight excluding hydrogens is 280 g/mol. The first-order chi connectivity index (χ1) is 10.6. The van der Waals surface area contributed by atoms with E-state index in [0.29, 0.717) is 25.4 Å². The maximum Gasteiger partial charge on any atom is 0.207 e. The van der Waals surface area contributed by atoms with Gasteiger partial charge in [0.2, 0.25) is 11.5 Å². The van der Waals surface area contributed by atoms with E-state index >= 15 is 0 Å². The Kier molecular flexibility index (Phi) is 7.92. The monoisotopic (exact) mass is 310 g/mol. The fraction of sp³-hybridized carbons (Fsp3) is 0.667. The van der Waals surface area contributed by atoms with Gasteiger partial charge in [-0.2, -0.15) is 0 Å². The van der Waals surface area contributed by atoms with Crippen LogP contribution < -0.4 is 9.47 Å². The molecule has 0 spiro atoms. The predicted molar refractivity (Wildman–Crippen MR) is 89.3 cm³/mol. The molecule has 0 atom stereocenters. The molecule has 0 saturated carbocycles. The van der Waals surface area contributed by atoms with E-state index < -0.39 is 0 Å². The summed E-state index contributed by atoms with van der Waals surface area (Å²) in [6.07, 6.45) is 5.05. The Morgan fingerprint density at radius 1 is 0.636 bits per heavy atom. The summed E-state index contributed by atoms with van der Waals surface area (Å²) in [5.41, 5.74) is 1.76. The summed E-state index contributed by atoms with van der Waals surface area (Å²) in [7, 11) is 0. The van der Waals surface area contributed by atoms with Crippen LogP contribution in [0.1, 0.15) is 64.5 Å². The lowest BCUT2D eigenvalue weighted by Crippen LogP contribution is -2.07. The minimum absolute atomic E-state index is 0.0553. The summed E-state index contributed by atoms with van der Waals surface area (Å²) in [6.45, 7) is 9.24. The minimum atomic E-state index is -0.192. The van der Waals surface area contributed by atoms with Gasteiger partial charge in [0.15, 0.2) is 11.5 Å². The van der Waals surface area contributed by atoms with Gasteiger partial charge >= 0.3 is 0 Å². The minimum Gasteiger partial charge on any atom is -0.504 e. The first-order valence-corrected chi connectivity index (χ1v) is 8.47. The average Bonchev–Trinajstić information content (AvgIpc) is 2.52. The van der Waals surface area contributed by atoms with Gasteiger partial charge in [0.25, 0.3) is 0 Å². The molecule has 1 rings (SSSR count). The largest absolute Gasteiger partial charge is 0.504 e. The third kappa shape index (κ3) is 4.21. The second kappa shape index (κ2) is 9.44. The van der Waals surface area contributed by atoms with E-state index in [1.165, 1.54) is 0 Å². The zero-order valence-corrected chi connectivity index (χ0v) is 14.4. The molecule has 0 aromatic heterocycles. The van der Waals surface area contributed by atoms with Gasteiger partial charge in [-0.05, 0) is 25.7 Å². The molecule has 0 unspecified atom stereocenters. The van der Waals surface area contributed by atoms with Gasteiger partial charge in [0.05, 0.1) is 13.2 Å². The Morgan fingerprint density at radius 2 is 1.14 bits per heavy atom. The number of hydrogen-bond donors (Lipinski definition) is 2. The number of aromatic hydroxyl groups is 2. The third-order valence-corrected chi connectivity index (χ3v) is 3.47. The average molecular weight is 310 g/mol. The molecular formula is C18H30O4. The Morgan fingerprint density at radius 3 is 1.64 bits per heavy atom. The van der Waals surface area contributed by atoms with Crippen molar-refractivity contribution in [1.82, 2.24) is 0 Å². The molecule has 126 valence electrons. The van der Waals surface area contributed by atoms with Crippen molar-refractivity contribution >= 4 is 0 Å². The van der Waals surface area contributed by atoms with Crippen LogP contribution in [0.25, 0.3) is 0 Å². The highest BCUT2D eigenvalue weighted by atomic mass is 16.5. The Balaban J connectivity index is 3.45. The molecule has 0 heterocycles. The van der Waals surface area contributed by atoms with Crippen LogP contribution in [0.2, 0.25) is 0 Å². The smallest absolute Gasteiger partial charge is 0.207 e. The van der Waals surface area contributed by atoms with Gasteiger partial charge in [0, 0.05) is 11.1 Å². The number of rotatable bonds is 10. The van der Waals surface area contributed by atoms with Crippen LogP contribution in [-0.2, 0) is 12.8 Å². The molecule has 0 fully saturated rings. The highest BCUT2D eigenvalue weighted by Crippen LogP contribution is 2.49. The number of hydrogen-bond acceptors (Lipinski definition) is 4. The maximum atomic E-state index is 10.4. The summed E-state index contributed by atoms with van der Waals surface area (Å²) in [5, 5.41) is 20.7. The molecule has 0 saturated heterocycles. The van der Waals surface area contributed by atoms with Gasteiger partial charge in [-0.3, -0.25) is 0 Å². The summed E-state index contributed by atoms with van der Waals surface area (Å²) in [4.78, 5) is 0. The molecule has 0 amide bonds. The van der Waals surface area contributed by atoms with Crippen LogP contribution in [0, 0.1) is 0 Å². The molecule has 0 aliphatic carbocycles. The van der Waals surface area contributed by atoms with E-state index in [1.54, 1.807) is 0 Å². The molecule has 1 aromatic carbocycles. The van der Waals surface area contributed by atoms with Gasteiger partial charge in [0.1, 0.15) is 0 Å². The van der Waals surface area contributed by atoms with E-state index in [4.69, 9.17) is 9.47 Å². The van der Waals surface area contributed by atoms with E-state index in [0.717, 1.165) is 43.2 Å². The second-order valence-corrected chi connectivity index (χ2v) is 5.51. The van der Waals surface area contributed by atoms with Crippen molar-refractivity contribution in [3.63, 3.8) is 0 Å². The highest BCUT2D eigenvalue weighted by molar-refractivity contribution is 5.66. The van der Waals surface area contributed by atoms with Crippen LogP contribution in [0.15, 0.2) is 0 Å². The van der Waals surface area contributed by atoms with Crippen LogP contribution in [0.4, 0.5) is 0 Å². The number of ether oxygens (including phenoxy) is 2. The molecule has 4 heteroatoms. The van der Waals surface area contributed by atoms with Gasteiger partial charge in [-0.15, -0.1) is 0 Å². The first-order valence-electron chi connectivity index (χ1n) is 8.47. The van der Waals surface area contributed by atoms with Crippen molar-refractivity contribution in [2.45, 2.75) is 66.2 Å².